The zero-order valence-corrected chi connectivity index (χ0v) is 20.9. The first-order chi connectivity index (χ1) is 17.3. The molecular weight excluding hydrogens is 484 g/mol. The van der Waals surface area contributed by atoms with Crippen molar-refractivity contribution in [3.05, 3.63) is 36.0 Å². The molecule has 10 N–H and O–H groups in total. The molecule has 37 heavy (non-hydrogen) atoms. The number of carbonyl (C=O) groups excluding carboxylic acids is 4. The number of aliphatic carboxylic acids is 1. The first kappa shape index (κ1) is 29.3. The number of para-hydroxylation sites is 1. The van der Waals surface area contributed by atoms with Gasteiger partial charge in [-0.3, -0.25) is 19.2 Å². The maximum Gasteiger partial charge on any atom is 0.328 e. The normalized spacial score (nSPS) is 15.3. The number of carboxylic acids is 1. The van der Waals surface area contributed by atoms with E-state index in [-0.39, 0.29) is 6.42 Å². The lowest BCUT2D eigenvalue weighted by Crippen LogP contribution is -2.59. The van der Waals surface area contributed by atoms with E-state index in [1.54, 1.807) is 26.1 Å². The summed E-state index contributed by atoms with van der Waals surface area (Å²) in [6, 6.07) is 2.03. The number of H-pyrrole nitrogens is 1. The van der Waals surface area contributed by atoms with Crippen LogP contribution in [0.15, 0.2) is 30.5 Å². The standard InChI is InChI=1S/C24H34N6O7/c1-11(2)19(29-21(33)15(25)9-18(26)32)23(35)28-17(22(34)30-20(12(3)31)24(36)37)8-13-10-27-16-7-5-4-6-14(13)16/h4-7,10-12,15,17,19-20,27,31H,8-9,25H2,1-3H3,(H2,26,32)(H,28,35)(H,29,33)(H,30,34)(H,36,37). The lowest BCUT2D eigenvalue weighted by molar-refractivity contribution is -0.145. The Hall–Kier alpha value is -3.97. The van der Waals surface area contributed by atoms with Crippen LogP contribution in [0.5, 0.6) is 0 Å². The van der Waals surface area contributed by atoms with E-state index in [9.17, 15) is 34.2 Å². The van der Waals surface area contributed by atoms with E-state index >= 15 is 0 Å². The number of benzene rings is 1. The van der Waals surface area contributed by atoms with Gasteiger partial charge in [-0.15, -0.1) is 0 Å². The van der Waals surface area contributed by atoms with E-state index in [0.29, 0.717) is 5.56 Å². The second-order valence-corrected chi connectivity index (χ2v) is 9.20. The minimum Gasteiger partial charge on any atom is -0.480 e. The van der Waals surface area contributed by atoms with Crippen molar-refractivity contribution in [2.24, 2.45) is 17.4 Å². The Morgan fingerprint density at radius 1 is 0.946 bits per heavy atom. The number of aromatic amines is 1. The molecule has 0 aliphatic heterocycles. The van der Waals surface area contributed by atoms with Crippen molar-refractivity contribution in [1.82, 2.24) is 20.9 Å². The van der Waals surface area contributed by atoms with Crippen LogP contribution < -0.4 is 27.4 Å². The van der Waals surface area contributed by atoms with E-state index in [2.05, 4.69) is 20.9 Å². The first-order valence-corrected chi connectivity index (χ1v) is 11.7. The molecule has 0 spiro atoms. The van der Waals surface area contributed by atoms with Crippen LogP contribution >= 0.6 is 0 Å². The Balaban J connectivity index is 2.31. The Labute approximate surface area is 213 Å². The molecule has 2 rings (SSSR count). The number of hydrogen-bond donors (Lipinski definition) is 8. The van der Waals surface area contributed by atoms with Crippen molar-refractivity contribution in [1.29, 1.82) is 0 Å². The number of amides is 4. The molecule has 1 heterocycles. The molecule has 0 aliphatic carbocycles. The molecule has 202 valence electrons. The molecule has 0 radical (unpaired) electrons. The van der Waals surface area contributed by atoms with Crippen LogP contribution in [0.4, 0.5) is 0 Å². The highest BCUT2D eigenvalue weighted by molar-refractivity contribution is 5.95. The van der Waals surface area contributed by atoms with E-state index < -0.39 is 72.2 Å². The summed E-state index contributed by atoms with van der Waals surface area (Å²) in [5, 5.41) is 27.3. The van der Waals surface area contributed by atoms with Gasteiger partial charge in [0.05, 0.1) is 18.6 Å². The van der Waals surface area contributed by atoms with Crippen molar-refractivity contribution in [2.45, 2.75) is 63.9 Å². The van der Waals surface area contributed by atoms with Crippen LogP contribution in [-0.4, -0.2) is 75.1 Å². The highest BCUT2D eigenvalue weighted by atomic mass is 16.4. The number of nitrogens with one attached hydrogen (secondary N) is 4. The van der Waals surface area contributed by atoms with Gasteiger partial charge in [-0.25, -0.2) is 4.79 Å². The van der Waals surface area contributed by atoms with Crippen LogP contribution in [-0.2, 0) is 30.4 Å². The summed E-state index contributed by atoms with van der Waals surface area (Å²) >= 11 is 0. The quantitative estimate of drug-likeness (QED) is 0.155. The molecule has 0 saturated heterocycles. The van der Waals surface area contributed by atoms with Gasteiger partial charge in [0.25, 0.3) is 0 Å². The highest BCUT2D eigenvalue weighted by Gasteiger charge is 2.33. The van der Waals surface area contributed by atoms with Gasteiger partial charge in [0, 0.05) is 23.5 Å². The van der Waals surface area contributed by atoms with Gasteiger partial charge in [-0.05, 0) is 24.5 Å². The molecule has 0 aliphatic rings. The van der Waals surface area contributed by atoms with Crippen LogP contribution in [0.2, 0.25) is 0 Å². The molecule has 5 unspecified atom stereocenters. The summed E-state index contributed by atoms with van der Waals surface area (Å²) in [7, 11) is 0. The SMILES string of the molecule is CC(C)C(NC(=O)C(N)CC(N)=O)C(=O)NC(Cc1c[nH]c2ccccc12)C(=O)NC(C(=O)O)C(C)O. The van der Waals surface area contributed by atoms with E-state index in [1.807, 2.05) is 18.2 Å². The summed E-state index contributed by atoms with van der Waals surface area (Å²) < 4.78 is 0. The number of fused-ring (bicyclic) bond motifs is 1. The minimum atomic E-state index is -1.61. The van der Waals surface area contributed by atoms with Gasteiger partial charge in [0.15, 0.2) is 6.04 Å². The molecule has 5 atom stereocenters. The van der Waals surface area contributed by atoms with Crippen LogP contribution in [0.1, 0.15) is 32.8 Å². The summed E-state index contributed by atoms with van der Waals surface area (Å²) in [5.74, 6) is -5.01. The summed E-state index contributed by atoms with van der Waals surface area (Å²) in [4.78, 5) is 64.4. The minimum absolute atomic E-state index is 0.0202. The van der Waals surface area contributed by atoms with Gasteiger partial charge in [-0.1, -0.05) is 32.0 Å². The predicted molar refractivity (Wildman–Crippen MR) is 134 cm³/mol. The lowest BCUT2D eigenvalue weighted by Gasteiger charge is -2.27. The molecule has 2 aromatic rings. The number of hydrogen-bond acceptors (Lipinski definition) is 7. The van der Waals surface area contributed by atoms with Gasteiger partial charge in [-0.2, -0.15) is 0 Å². The van der Waals surface area contributed by atoms with Gasteiger partial charge in [0.2, 0.25) is 23.6 Å². The second-order valence-electron chi connectivity index (χ2n) is 9.20. The zero-order valence-electron chi connectivity index (χ0n) is 20.9. The number of aliphatic hydroxyl groups is 1. The average Bonchev–Trinajstić information content (AvgIpc) is 3.21. The van der Waals surface area contributed by atoms with E-state index in [0.717, 1.165) is 10.9 Å². The Bertz CT molecular complexity index is 1150. The molecule has 1 aromatic carbocycles. The third-order valence-corrected chi connectivity index (χ3v) is 5.78. The topological polar surface area (TPSA) is 230 Å². The first-order valence-electron chi connectivity index (χ1n) is 11.7. The maximum atomic E-state index is 13.2. The molecule has 13 nitrogen and oxygen atoms in total. The van der Waals surface area contributed by atoms with E-state index in [4.69, 9.17) is 11.5 Å². The van der Waals surface area contributed by atoms with Crippen molar-refractivity contribution < 1.29 is 34.2 Å². The number of aromatic nitrogens is 1. The summed E-state index contributed by atoms with van der Waals surface area (Å²) in [6.45, 7) is 4.53. The van der Waals surface area contributed by atoms with Crippen LogP contribution in [0, 0.1) is 5.92 Å². The third-order valence-electron chi connectivity index (χ3n) is 5.78. The summed E-state index contributed by atoms with van der Waals surface area (Å²) in [5.41, 5.74) is 12.2. The molecule has 0 saturated carbocycles. The Kier molecular flexibility index (Phi) is 10.1. The summed E-state index contributed by atoms with van der Waals surface area (Å²) in [6.07, 6.45) is -0.168. The number of carboxylic acid groups (broad SMARTS) is 1. The fourth-order valence-electron chi connectivity index (χ4n) is 3.74. The molecule has 4 amide bonds. The van der Waals surface area contributed by atoms with Crippen molar-refractivity contribution in [2.75, 3.05) is 0 Å². The molecular formula is C24H34N6O7. The van der Waals surface area contributed by atoms with E-state index in [1.165, 1.54) is 6.92 Å². The molecule has 13 heteroatoms. The van der Waals surface area contributed by atoms with Crippen LogP contribution in [0.3, 0.4) is 0 Å². The van der Waals surface area contributed by atoms with Crippen molar-refractivity contribution >= 4 is 40.5 Å². The van der Waals surface area contributed by atoms with Crippen LogP contribution in [0.25, 0.3) is 10.9 Å². The predicted octanol–water partition coefficient (Wildman–Crippen LogP) is -1.51. The fourth-order valence-corrected chi connectivity index (χ4v) is 3.74. The fraction of sp³-hybridized carbons (Fsp3) is 0.458. The number of nitrogens with two attached hydrogens (primary N) is 2. The van der Waals surface area contributed by atoms with Crippen molar-refractivity contribution in [3.63, 3.8) is 0 Å². The smallest absolute Gasteiger partial charge is 0.328 e. The zero-order chi connectivity index (χ0) is 27.9. The molecule has 1 aromatic heterocycles. The number of rotatable bonds is 13. The number of primary amides is 1. The average molecular weight is 519 g/mol. The Morgan fingerprint density at radius 2 is 1.57 bits per heavy atom. The number of carbonyl (C=O) groups is 5. The monoisotopic (exact) mass is 518 g/mol. The van der Waals surface area contributed by atoms with Gasteiger partial charge < -0.3 is 42.6 Å². The highest BCUT2D eigenvalue weighted by Crippen LogP contribution is 2.19. The number of aliphatic hydroxyl groups excluding tert-OH is 1. The van der Waals surface area contributed by atoms with Crippen molar-refractivity contribution in [3.8, 4) is 0 Å². The van der Waals surface area contributed by atoms with Gasteiger partial charge in [0.1, 0.15) is 12.1 Å². The van der Waals surface area contributed by atoms with Gasteiger partial charge >= 0.3 is 5.97 Å². The Morgan fingerprint density at radius 3 is 2.14 bits per heavy atom. The molecule has 0 bridgehead atoms. The third kappa shape index (κ3) is 8.02. The maximum absolute atomic E-state index is 13.2. The second kappa shape index (κ2) is 12.8. The lowest BCUT2D eigenvalue weighted by atomic mass is 9.99. The molecule has 0 fully saturated rings. The largest absolute Gasteiger partial charge is 0.480 e.